The molecule has 1 atom stereocenters. The number of alkyl halides is 2. The number of aryl methyl sites for hydroxylation is 1. The third-order valence-corrected chi connectivity index (χ3v) is 5.12. The number of benzene rings is 1. The van der Waals surface area contributed by atoms with Gasteiger partial charge in [-0.05, 0) is 36.5 Å². The van der Waals surface area contributed by atoms with Crippen LogP contribution in [0.5, 0.6) is 0 Å². The van der Waals surface area contributed by atoms with Gasteiger partial charge in [-0.3, -0.25) is 9.48 Å². The number of rotatable bonds is 6. The molecule has 1 aromatic carbocycles. The predicted octanol–water partition coefficient (Wildman–Crippen LogP) is 3.84. The Kier molecular flexibility index (Phi) is 6.28. The van der Waals surface area contributed by atoms with Crippen LogP contribution in [0.1, 0.15) is 46.4 Å². The van der Waals surface area contributed by atoms with Gasteiger partial charge in [0, 0.05) is 30.9 Å². The third kappa shape index (κ3) is 4.32. The van der Waals surface area contributed by atoms with Crippen LogP contribution in [0.2, 0.25) is 5.02 Å². The lowest BCUT2D eigenvalue weighted by atomic mass is 10.0. The fraction of sp³-hybridized carbons (Fsp3) is 0.421. The first kappa shape index (κ1) is 20.3. The molecule has 1 unspecified atom stereocenters. The van der Waals surface area contributed by atoms with E-state index in [1.807, 2.05) is 12.1 Å². The lowest BCUT2D eigenvalue weighted by Gasteiger charge is -2.25. The number of hydrogen-bond donors (Lipinski definition) is 0. The van der Waals surface area contributed by atoms with Gasteiger partial charge in [0.05, 0.1) is 11.8 Å². The van der Waals surface area contributed by atoms with E-state index in [9.17, 15) is 13.6 Å². The van der Waals surface area contributed by atoms with E-state index < -0.39 is 18.0 Å². The molecule has 0 N–H and O–H groups in total. The van der Waals surface area contributed by atoms with Crippen molar-refractivity contribution in [3.63, 3.8) is 0 Å². The molecule has 3 rings (SSSR count). The molecule has 28 heavy (non-hydrogen) atoms. The van der Waals surface area contributed by atoms with Gasteiger partial charge in [-0.15, -0.1) is 0 Å². The van der Waals surface area contributed by atoms with Gasteiger partial charge in [0.15, 0.2) is 0 Å². The zero-order valence-electron chi connectivity index (χ0n) is 15.6. The van der Waals surface area contributed by atoms with Crippen molar-refractivity contribution in [3.8, 4) is 0 Å². The van der Waals surface area contributed by atoms with Crippen LogP contribution in [-0.4, -0.2) is 46.5 Å². The van der Waals surface area contributed by atoms with Gasteiger partial charge in [-0.2, -0.15) is 5.10 Å². The Morgan fingerprint density at radius 3 is 2.96 bits per heavy atom. The Morgan fingerprint density at radius 2 is 2.29 bits per heavy atom. The normalized spacial score (nSPS) is 17.1. The lowest BCUT2D eigenvalue weighted by molar-refractivity contribution is 0.0724. The van der Waals surface area contributed by atoms with Crippen LogP contribution in [0.15, 0.2) is 29.6 Å². The van der Waals surface area contributed by atoms with Crippen molar-refractivity contribution < 1.29 is 18.4 Å². The molecule has 2 aromatic rings. The van der Waals surface area contributed by atoms with E-state index >= 15 is 0 Å². The molecule has 1 aromatic heterocycles. The Morgan fingerprint density at radius 1 is 1.50 bits per heavy atom. The van der Waals surface area contributed by atoms with Crippen LogP contribution in [0.3, 0.4) is 0 Å². The van der Waals surface area contributed by atoms with Crippen molar-refractivity contribution in [3.05, 3.63) is 51.8 Å². The second kappa shape index (κ2) is 8.68. The summed E-state index contributed by atoms with van der Waals surface area (Å²) in [6, 6.07) is 5.42. The SMILES string of the molecule is CO/N=C/c1ccc(CC2CCCN2C(=O)c2cn(C)nc2C(F)F)c(Cl)c1. The Labute approximate surface area is 166 Å². The van der Waals surface area contributed by atoms with E-state index in [1.54, 1.807) is 17.2 Å². The van der Waals surface area contributed by atoms with Gasteiger partial charge in [-0.1, -0.05) is 28.9 Å². The monoisotopic (exact) mass is 410 g/mol. The number of carbonyl (C=O) groups is 1. The first-order chi connectivity index (χ1) is 13.4. The summed E-state index contributed by atoms with van der Waals surface area (Å²) in [7, 11) is 2.98. The highest BCUT2D eigenvalue weighted by atomic mass is 35.5. The van der Waals surface area contributed by atoms with Crippen LogP contribution in [0, 0.1) is 0 Å². The predicted molar refractivity (Wildman–Crippen MR) is 102 cm³/mol. The first-order valence-electron chi connectivity index (χ1n) is 8.88. The molecule has 6 nitrogen and oxygen atoms in total. The van der Waals surface area contributed by atoms with E-state index in [4.69, 9.17) is 11.6 Å². The van der Waals surface area contributed by atoms with E-state index in [0.717, 1.165) is 24.0 Å². The smallest absolute Gasteiger partial charge is 0.282 e. The minimum absolute atomic E-state index is 0.0402. The highest BCUT2D eigenvalue weighted by Gasteiger charge is 2.33. The number of halogens is 3. The molecule has 150 valence electrons. The van der Waals surface area contributed by atoms with Crippen molar-refractivity contribution in [1.82, 2.24) is 14.7 Å². The number of likely N-dealkylation sites (tertiary alicyclic amines) is 1. The standard InChI is InChI=1S/C19H21ClF2N4O2/c1-25-11-15(17(24-25)18(21)22)19(27)26-7-3-4-14(26)9-13-6-5-12(8-16(13)20)10-23-28-2/h5-6,8,10-11,14,18H,3-4,7,9H2,1-2H3/b23-10+. The van der Waals surface area contributed by atoms with Gasteiger partial charge < -0.3 is 9.74 Å². The zero-order chi connectivity index (χ0) is 20.3. The molecule has 1 aliphatic rings. The summed E-state index contributed by atoms with van der Waals surface area (Å²) in [4.78, 5) is 19.2. The Bertz CT molecular complexity index is 885. The van der Waals surface area contributed by atoms with Gasteiger partial charge >= 0.3 is 0 Å². The Hall–Kier alpha value is -2.48. The highest BCUT2D eigenvalue weighted by molar-refractivity contribution is 6.31. The van der Waals surface area contributed by atoms with Crippen LogP contribution in [-0.2, 0) is 18.3 Å². The number of carbonyl (C=O) groups excluding carboxylic acids is 1. The van der Waals surface area contributed by atoms with Crippen molar-refractivity contribution >= 4 is 23.7 Å². The van der Waals surface area contributed by atoms with Gasteiger partial charge in [-0.25, -0.2) is 8.78 Å². The van der Waals surface area contributed by atoms with E-state index in [2.05, 4.69) is 15.1 Å². The average molecular weight is 411 g/mol. The fourth-order valence-corrected chi connectivity index (χ4v) is 3.74. The summed E-state index contributed by atoms with van der Waals surface area (Å²) < 4.78 is 27.7. The van der Waals surface area contributed by atoms with E-state index in [0.29, 0.717) is 18.0 Å². The van der Waals surface area contributed by atoms with Gasteiger partial charge in [0.1, 0.15) is 12.8 Å². The van der Waals surface area contributed by atoms with Crippen LogP contribution < -0.4 is 0 Å². The lowest BCUT2D eigenvalue weighted by Crippen LogP contribution is -2.37. The van der Waals surface area contributed by atoms with Crippen molar-refractivity contribution in [2.24, 2.45) is 12.2 Å². The quantitative estimate of drug-likeness (QED) is 0.537. The molecular weight excluding hydrogens is 390 g/mol. The molecule has 1 amide bonds. The summed E-state index contributed by atoms with van der Waals surface area (Å²) in [5.74, 6) is -0.411. The molecule has 0 saturated carbocycles. The maximum absolute atomic E-state index is 13.2. The molecule has 0 aliphatic carbocycles. The molecule has 9 heteroatoms. The summed E-state index contributed by atoms with van der Waals surface area (Å²) >= 11 is 6.38. The zero-order valence-corrected chi connectivity index (χ0v) is 16.4. The topological polar surface area (TPSA) is 59.7 Å². The van der Waals surface area contributed by atoms with Crippen molar-refractivity contribution in [2.45, 2.75) is 31.7 Å². The first-order valence-corrected chi connectivity index (χ1v) is 9.26. The Balaban J connectivity index is 1.78. The third-order valence-electron chi connectivity index (χ3n) is 4.77. The molecule has 1 aliphatic heterocycles. The maximum Gasteiger partial charge on any atom is 0.282 e. The molecule has 0 radical (unpaired) electrons. The molecule has 0 spiro atoms. The van der Waals surface area contributed by atoms with Crippen molar-refractivity contribution in [2.75, 3.05) is 13.7 Å². The van der Waals surface area contributed by atoms with Gasteiger partial charge in [0.2, 0.25) is 0 Å². The number of amides is 1. The van der Waals surface area contributed by atoms with Crippen LogP contribution in [0.4, 0.5) is 8.78 Å². The van der Waals surface area contributed by atoms with Gasteiger partial charge in [0.25, 0.3) is 12.3 Å². The van der Waals surface area contributed by atoms with E-state index in [-0.39, 0.29) is 11.6 Å². The minimum atomic E-state index is -2.79. The number of hydrogen-bond acceptors (Lipinski definition) is 4. The second-order valence-corrected chi connectivity index (χ2v) is 7.08. The number of oxime groups is 1. The minimum Gasteiger partial charge on any atom is -0.399 e. The van der Waals surface area contributed by atoms with Crippen molar-refractivity contribution in [1.29, 1.82) is 0 Å². The molecular formula is C19H21ClF2N4O2. The summed E-state index contributed by atoms with van der Waals surface area (Å²) in [5, 5.41) is 8.00. The maximum atomic E-state index is 13.2. The summed E-state index contributed by atoms with van der Waals surface area (Å²) in [5.41, 5.74) is 1.17. The number of nitrogens with zero attached hydrogens (tertiary/aromatic N) is 4. The van der Waals surface area contributed by atoms with Crippen LogP contribution in [0.25, 0.3) is 0 Å². The fourth-order valence-electron chi connectivity index (χ4n) is 3.48. The largest absolute Gasteiger partial charge is 0.399 e. The van der Waals surface area contributed by atoms with E-state index in [1.165, 1.54) is 25.0 Å². The summed E-state index contributed by atoms with van der Waals surface area (Å²) in [6.07, 6.45) is 2.27. The molecule has 2 heterocycles. The molecule has 1 fully saturated rings. The van der Waals surface area contributed by atoms with Crippen LogP contribution >= 0.6 is 11.6 Å². The number of aromatic nitrogens is 2. The highest BCUT2D eigenvalue weighted by Crippen LogP contribution is 2.29. The molecule has 0 bridgehead atoms. The molecule has 1 saturated heterocycles. The average Bonchev–Trinajstić information content (AvgIpc) is 3.28. The summed E-state index contributed by atoms with van der Waals surface area (Å²) in [6.45, 7) is 0.525. The second-order valence-electron chi connectivity index (χ2n) is 6.67.